The molecule has 0 spiro atoms. The lowest BCUT2D eigenvalue weighted by Gasteiger charge is -2.26. The fourth-order valence-electron chi connectivity index (χ4n) is 3.96. The number of fused-ring (bicyclic) bond motifs is 1. The summed E-state index contributed by atoms with van der Waals surface area (Å²) in [5.41, 5.74) is 11.2. The van der Waals surface area contributed by atoms with Gasteiger partial charge in [0.1, 0.15) is 23.8 Å². The summed E-state index contributed by atoms with van der Waals surface area (Å²) in [4.78, 5) is 19.7. The fourth-order valence-corrected chi connectivity index (χ4v) is 3.96. The summed E-state index contributed by atoms with van der Waals surface area (Å²) in [5, 5.41) is 10.7. The Hall–Kier alpha value is -4.83. The van der Waals surface area contributed by atoms with Crippen LogP contribution in [0.5, 0.6) is 0 Å². The van der Waals surface area contributed by atoms with Crippen LogP contribution in [0.4, 0.5) is 17.3 Å². The van der Waals surface area contributed by atoms with Gasteiger partial charge in [-0.1, -0.05) is 60.7 Å². The van der Waals surface area contributed by atoms with Crippen LogP contribution in [0.2, 0.25) is 0 Å². The molecule has 0 aliphatic rings. The van der Waals surface area contributed by atoms with Gasteiger partial charge in [0.25, 0.3) is 0 Å². The Morgan fingerprint density at radius 1 is 0.848 bits per heavy atom. The van der Waals surface area contributed by atoms with Crippen molar-refractivity contribution in [3.63, 3.8) is 0 Å². The van der Waals surface area contributed by atoms with Crippen LogP contribution in [0.15, 0.2) is 85.3 Å². The maximum absolute atomic E-state index is 9.78. The lowest BCUT2D eigenvalue weighted by Crippen LogP contribution is -2.17. The zero-order chi connectivity index (χ0) is 22.8. The number of hydrogen-bond acceptors (Lipinski definition) is 7. The zero-order valence-electron chi connectivity index (χ0n) is 17.8. The molecule has 3 heterocycles. The lowest BCUT2D eigenvalue weighted by molar-refractivity contribution is 1.07. The number of nitrogens with two attached hydrogens (primary N) is 1. The van der Waals surface area contributed by atoms with Crippen LogP contribution in [-0.4, -0.2) is 27.0 Å². The molecule has 5 rings (SSSR count). The van der Waals surface area contributed by atoms with E-state index in [1.165, 1.54) is 6.33 Å². The molecule has 0 saturated carbocycles. The summed E-state index contributed by atoms with van der Waals surface area (Å²) in [6.07, 6.45) is 3.10. The van der Waals surface area contributed by atoms with E-state index in [0.717, 1.165) is 33.5 Å². The molecular formula is C26H19N7. The van der Waals surface area contributed by atoms with Gasteiger partial charge in [0.2, 0.25) is 0 Å². The molecule has 0 unspecified atom stereocenters. The highest BCUT2D eigenvalue weighted by molar-refractivity contribution is 6.05. The third-order valence-corrected chi connectivity index (χ3v) is 5.47. The fraction of sp³-hybridized carbons (Fsp3) is 0.0385. The van der Waals surface area contributed by atoms with Crippen molar-refractivity contribution in [3.05, 3.63) is 90.9 Å². The van der Waals surface area contributed by atoms with Gasteiger partial charge in [-0.25, -0.2) is 19.9 Å². The first kappa shape index (κ1) is 20.1. The number of aromatic nitrogens is 4. The van der Waals surface area contributed by atoms with Crippen molar-refractivity contribution >= 4 is 28.4 Å². The summed E-state index contributed by atoms with van der Waals surface area (Å²) in [6.45, 7) is 0. The largest absolute Gasteiger partial charge is 0.382 e. The average Bonchev–Trinajstić information content (AvgIpc) is 2.88. The van der Waals surface area contributed by atoms with E-state index in [4.69, 9.17) is 10.7 Å². The third kappa shape index (κ3) is 3.50. The molecule has 2 aromatic carbocycles. The van der Waals surface area contributed by atoms with Crippen LogP contribution < -0.4 is 10.6 Å². The van der Waals surface area contributed by atoms with Gasteiger partial charge in [-0.05, 0) is 17.7 Å². The molecular weight excluding hydrogens is 410 g/mol. The second kappa shape index (κ2) is 8.36. The predicted molar refractivity (Wildman–Crippen MR) is 130 cm³/mol. The van der Waals surface area contributed by atoms with Gasteiger partial charge in [0, 0.05) is 29.8 Å². The van der Waals surface area contributed by atoms with Gasteiger partial charge in [-0.15, -0.1) is 0 Å². The summed E-state index contributed by atoms with van der Waals surface area (Å²) >= 11 is 0. The van der Waals surface area contributed by atoms with Crippen LogP contribution >= 0.6 is 0 Å². The molecule has 7 heteroatoms. The van der Waals surface area contributed by atoms with Gasteiger partial charge in [-0.3, -0.25) is 0 Å². The molecule has 33 heavy (non-hydrogen) atoms. The molecule has 0 radical (unpaired) electrons. The highest BCUT2D eigenvalue weighted by atomic mass is 15.2. The van der Waals surface area contributed by atoms with Crippen molar-refractivity contribution in [1.82, 2.24) is 19.9 Å². The van der Waals surface area contributed by atoms with Crippen molar-refractivity contribution in [1.29, 1.82) is 5.26 Å². The number of nitriles is 1. The highest BCUT2D eigenvalue weighted by Crippen LogP contribution is 2.44. The second-order valence-corrected chi connectivity index (χ2v) is 7.42. The van der Waals surface area contributed by atoms with E-state index < -0.39 is 0 Å². The first-order chi connectivity index (χ1) is 16.2. The average molecular weight is 429 g/mol. The van der Waals surface area contributed by atoms with E-state index >= 15 is 0 Å². The molecule has 2 N–H and O–H groups in total. The van der Waals surface area contributed by atoms with E-state index in [-0.39, 0.29) is 11.4 Å². The number of nitrogens with zero attached hydrogens (tertiary/aromatic N) is 6. The van der Waals surface area contributed by atoms with Crippen molar-refractivity contribution in [2.75, 3.05) is 17.7 Å². The van der Waals surface area contributed by atoms with E-state index in [2.05, 4.69) is 21.0 Å². The normalized spacial score (nSPS) is 10.7. The molecule has 5 aromatic rings. The van der Waals surface area contributed by atoms with E-state index in [1.807, 2.05) is 84.7 Å². The molecule has 7 nitrogen and oxygen atoms in total. The predicted octanol–water partition coefficient (Wildman–Crippen LogP) is 4.98. The quantitative estimate of drug-likeness (QED) is 0.430. The maximum Gasteiger partial charge on any atom is 0.160 e. The Bertz CT molecular complexity index is 1490. The number of anilines is 3. The van der Waals surface area contributed by atoms with Gasteiger partial charge in [0.05, 0.1) is 11.4 Å². The smallest absolute Gasteiger partial charge is 0.160 e. The number of benzene rings is 2. The third-order valence-electron chi connectivity index (χ3n) is 5.47. The van der Waals surface area contributed by atoms with Crippen LogP contribution in [0, 0.1) is 11.3 Å². The molecule has 0 aliphatic heterocycles. The maximum atomic E-state index is 9.78. The Kier molecular flexibility index (Phi) is 5.09. The van der Waals surface area contributed by atoms with Gasteiger partial charge in [-0.2, -0.15) is 5.26 Å². The van der Waals surface area contributed by atoms with Crippen molar-refractivity contribution in [3.8, 4) is 28.5 Å². The topological polar surface area (TPSA) is 105 Å². The van der Waals surface area contributed by atoms with Crippen molar-refractivity contribution < 1.29 is 0 Å². The molecule has 0 saturated heterocycles. The van der Waals surface area contributed by atoms with Crippen LogP contribution in [0.3, 0.4) is 0 Å². The standard InChI is InChI=1S/C26H19N7/c1-33(26-20(15-27)24(28)30-16-31-26)23-21(17-9-4-2-5-10-17)19-13-8-14-29-25(19)32-22(23)18-11-6-3-7-12-18/h2-14,16H,1H3,(H2,28,30,31). The SMILES string of the molecule is CN(c1ncnc(N)c1C#N)c1c(-c2ccccc2)nc2ncccc2c1-c1ccccc1. The Balaban J connectivity index is 1.93. The molecule has 0 bridgehead atoms. The van der Waals surface area contributed by atoms with Crippen molar-refractivity contribution in [2.45, 2.75) is 0 Å². The molecule has 0 atom stereocenters. The van der Waals surface area contributed by atoms with E-state index in [9.17, 15) is 5.26 Å². The molecule has 0 fully saturated rings. The van der Waals surface area contributed by atoms with Gasteiger partial charge in [0.15, 0.2) is 11.5 Å². The molecule has 0 amide bonds. The summed E-state index contributed by atoms with van der Waals surface area (Å²) in [6, 6.07) is 26.0. The number of hydrogen-bond donors (Lipinski definition) is 1. The Morgan fingerprint density at radius 3 is 2.24 bits per heavy atom. The van der Waals surface area contributed by atoms with Crippen molar-refractivity contribution in [2.24, 2.45) is 0 Å². The lowest BCUT2D eigenvalue weighted by atomic mass is 9.96. The molecule has 3 aromatic heterocycles. The number of pyridine rings is 2. The van der Waals surface area contributed by atoms with Crippen LogP contribution in [0.1, 0.15) is 5.56 Å². The zero-order valence-corrected chi connectivity index (χ0v) is 17.8. The van der Waals surface area contributed by atoms with E-state index in [0.29, 0.717) is 11.5 Å². The van der Waals surface area contributed by atoms with E-state index in [1.54, 1.807) is 6.20 Å². The monoisotopic (exact) mass is 429 g/mol. The van der Waals surface area contributed by atoms with Gasteiger partial charge >= 0.3 is 0 Å². The summed E-state index contributed by atoms with van der Waals surface area (Å²) < 4.78 is 0. The minimum atomic E-state index is 0.132. The molecule has 158 valence electrons. The highest BCUT2D eigenvalue weighted by Gasteiger charge is 2.25. The first-order valence-corrected chi connectivity index (χ1v) is 10.3. The number of nitrogen functional groups attached to an aromatic ring is 1. The molecule has 0 aliphatic carbocycles. The van der Waals surface area contributed by atoms with Gasteiger partial charge < -0.3 is 10.6 Å². The second-order valence-electron chi connectivity index (χ2n) is 7.42. The Labute approximate surface area is 190 Å². The Morgan fingerprint density at radius 2 is 1.55 bits per heavy atom. The van der Waals surface area contributed by atoms with Crippen LogP contribution in [-0.2, 0) is 0 Å². The number of rotatable bonds is 4. The minimum Gasteiger partial charge on any atom is -0.382 e. The van der Waals surface area contributed by atoms with Crippen LogP contribution in [0.25, 0.3) is 33.4 Å². The first-order valence-electron chi connectivity index (χ1n) is 10.3. The summed E-state index contributed by atoms with van der Waals surface area (Å²) in [5.74, 6) is 0.539. The minimum absolute atomic E-state index is 0.132. The summed E-state index contributed by atoms with van der Waals surface area (Å²) in [7, 11) is 1.86.